The third-order valence-electron chi connectivity index (χ3n) is 1.63. The lowest BCUT2D eigenvalue weighted by molar-refractivity contribution is -0.389. The van der Waals surface area contributed by atoms with E-state index in [0.717, 1.165) is 0 Å². The van der Waals surface area contributed by atoms with Crippen LogP contribution in [0.5, 0.6) is 11.6 Å². The second kappa shape index (κ2) is 4.44. The lowest BCUT2D eigenvalue weighted by Crippen LogP contribution is -2.20. The van der Waals surface area contributed by atoms with Gasteiger partial charge in [-0.3, -0.25) is 10.1 Å². The molecule has 0 aliphatic carbocycles. The van der Waals surface area contributed by atoms with Crippen molar-refractivity contribution in [2.75, 3.05) is 0 Å². The number of nitrogens with zero attached hydrogens (tertiary/aromatic N) is 2. The number of aromatic nitrogens is 1. The maximum absolute atomic E-state index is 12.3. The minimum Gasteiger partial charge on any atom is -0.505 e. The number of aromatic hydroxyl groups is 1. The maximum Gasteiger partial charge on any atom is 0.574 e. The van der Waals surface area contributed by atoms with E-state index < -0.39 is 40.5 Å². The third-order valence-corrected chi connectivity index (χ3v) is 1.63. The minimum absolute atomic E-state index is 0.128. The Hall–Kier alpha value is -2.27. The largest absolute Gasteiger partial charge is 0.574 e. The molecule has 1 aromatic rings. The van der Waals surface area contributed by atoms with E-state index in [2.05, 4.69) is 9.72 Å². The van der Waals surface area contributed by atoms with Crippen molar-refractivity contribution in [3.63, 3.8) is 0 Å². The number of hydrogen-bond acceptors (Lipinski definition) is 5. The summed E-state index contributed by atoms with van der Waals surface area (Å²) >= 11 is 0. The standard InChI is InChI=1S/C7H2F6N2O4/c8-6(9,10)4-3(16)1-2(15(17)18)5(14-4)19-7(11,12)13/h1,16H. The fraction of sp³-hybridized carbons (Fsp3) is 0.286. The number of hydrogen-bond donors (Lipinski definition) is 1. The predicted molar refractivity (Wildman–Crippen MR) is 44.2 cm³/mol. The summed E-state index contributed by atoms with van der Waals surface area (Å²) in [5, 5.41) is 19.2. The predicted octanol–water partition coefficient (Wildman–Crippen LogP) is 2.61. The Morgan fingerprint density at radius 2 is 1.79 bits per heavy atom. The van der Waals surface area contributed by atoms with Gasteiger partial charge in [-0.15, -0.1) is 13.2 Å². The van der Waals surface area contributed by atoms with Crippen LogP contribution in [-0.4, -0.2) is 21.4 Å². The molecule has 6 nitrogen and oxygen atoms in total. The topological polar surface area (TPSA) is 85.5 Å². The van der Waals surface area contributed by atoms with E-state index in [0.29, 0.717) is 0 Å². The Morgan fingerprint density at radius 1 is 1.26 bits per heavy atom. The van der Waals surface area contributed by atoms with Gasteiger partial charge in [0.2, 0.25) is 0 Å². The highest BCUT2D eigenvalue weighted by Crippen LogP contribution is 2.40. The molecule has 0 amide bonds. The van der Waals surface area contributed by atoms with Gasteiger partial charge in [-0.1, -0.05) is 0 Å². The van der Waals surface area contributed by atoms with E-state index in [1.54, 1.807) is 0 Å². The highest BCUT2D eigenvalue weighted by molar-refractivity contribution is 5.48. The highest BCUT2D eigenvalue weighted by atomic mass is 19.4. The molecular weight excluding hydrogens is 290 g/mol. The van der Waals surface area contributed by atoms with Crippen LogP contribution in [0.4, 0.5) is 32.0 Å². The van der Waals surface area contributed by atoms with Gasteiger partial charge in [0.1, 0.15) is 0 Å². The summed E-state index contributed by atoms with van der Waals surface area (Å²) in [5.74, 6) is -3.60. The molecule has 0 aliphatic heterocycles. The summed E-state index contributed by atoms with van der Waals surface area (Å²) in [5.41, 5.74) is -3.68. The van der Waals surface area contributed by atoms with Crippen molar-refractivity contribution in [1.29, 1.82) is 0 Å². The van der Waals surface area contributed by atoms with Gasteiger partial charge in [0, 0.05) is 0 Å². The van der Waals surface area contributed by atoms with Crippen LogP contribution >= 0.6 is 0 Å². The van der Waals surface area contributed by atoms with Crippen LogP contribution in [0, 0.1) is 10.1 Å². The lowest BCUT2D eigenvalue weighted by atomic mass is 10.3. The number of pyridine rings is 1. The Kier molecular flexibility index (Phi) is 3.45. The first-order valence-corrected chi connectivity index (χ1v) is 4.13. The van der Waals surface area contributed by atoms with Crippen LogP contribution in [0.25, 0.3) is 0 Å². The number of ether oxygens (including phenoxy) is 1. The second-order valence-electron chi connectivity index (χ2n) is 2.98. The molecule has 12 heteroatoms. The molecule has 0 aromatic carbocycles. The van der Waals surface area contributed by atoms with Gasteiger partial charge in [-0.2, -0.15) is 18.2 Å². The molecule has 1 N–H and O–H groups in total. The molecule has 0 aliphatic rings. The molecule has 1 aromatic heterocycles. The Bertz CT molecular complexity index is 512. The zero-order valence-electron chi connectivity index (χ0n) is 8.41. The summed E-state index contributed by atoms with van der Waals surface area (Å²) in [6, 6.07) is -0.128. The minimum atomic E-state index is -5.47. The number of alkyl halides is 6. The van der Waals surface area contributed by atoms with Gasteiger partial charge in [0.15, 0.2) is 11.4 Å². The fourth-order valence-electron chi connectivity index (χ4n) is 1.000. The molecule has 0 unspecified atom stereocenters. The molecule has 1 rings (SSSR count). The van der Waals surface area contributed by atoms with Crippen molar-refractivity contribution in [1.82, 2.24) is 4.98 Å². The molecule has 1 heterocycles. The van der Waals surface area contributed by atoms with E-state index >= 15 is 0 Å². The van der Waals surface area contributed by atoms with Crippen LogP contribution in [0.1, 0.15) is 5.69 Å². The van der Waals surface area contributed by atoms with Gasteiger partial charge in [0.05, 0.1) is 11.0 Å². The first-order valence-electron chi connectivity index (χ1n) is 4.13. The van der Waals surface area contributed by atoms with Crippen LogP contribution in [-0.2, 0) is 6.18 Å². The third kappa shape index (κ3) is 3.59. The SMILES string of the molecule is O=[N+]([O-])c1cc(O)c(C(F)(F)F)nc1OC(F)(F)F. The molecule has 0 atom stereocenters. The van der Waals surface area contributed by atoms with Gasteiger partial charge in [0.25, 0.3) is 0 Å². The maximum atomic E-state index is 12.3. The average molecular weight is 292 g/mol. The Morgan fingerprint density at radius 3 is 2.16 bits per heavy atom. The monoisotopic (exact) mass is 292 g/mol. The zero-order valence-corrected chi connectivity index (χ0v) is 8.41. The summed E-state index contributed by atoms with van der Waals surface area (Å²) in [6.45, 7) is 0. The number of rotatable bonds is 2. The van der Waals surface area contributed by atoms with Crippen LogP contribution < -0.4 is 4.74 Å². The molecule has 0 radical (unpaired) electrons. The Labute approximate surface area is 98.9 Å². The molecule has 0 saturated carbocycles. The van der Waals surface area contributed by atoms with Crippen LogP contribution in [0.15, 0.2) is 6.07 Å². The van der Waals surface area contributed by atoms with Crippen LogP contribution in [0.3, 0.4) is 0 Å². The Balaban J connectivity index is 3.44. The van der Waals surface area contributed by atoms with Gasteiger partial charge >= 0.3 is 24.1 Å². The van der Waals surface area contributed by atoms with Crippen molar-refractivity contribution in [2.45, 2.75) is 12.5 Å². The quantitative estimate of drug-likeness (QED) is 0.514. The molecule has 0 bridgehead atoms. The fourth-order valence-corrected chi connectivity index (χ4v) is 1.000. The molecule has 19 heavy (non-hydrogen) atoms. The summed E-state index contributed by atoms with van der Waals surface area (Å²) < 4.78 is 75.5. The second-order valence-corrected chi connectivity index (χ2v) is 2.98. The molecule has 0 saturated heterocycles. The van der Waals surface area contributed by atoms with Crippen molar-refractivity contribution < 1.29 is 41.1 Å². The van der Waals surface area contributed by atoms with Gasteiger partial charge in [-0.25, -0.2) is 0 Å². The van der Waals surface area contributed by atoms with Crippen LogP contribution in [0.2, 0.25) is 0 Å². The normalized spacial score (nSPS) is 12.3. The van der Waals surface area contributed by atoms with E-state index in [-0.39, 0.29) is 6.07 Å². The van der Waals surface area contributed by atoms with E-state index in [1.807, 2.05) is 0 Å². The number of halogens is 6. The summed E-state index contributed by atoms with van der Waals surface area (Å²) in [6.07, 6.45) is -10.8. The van der Waals surface area contributed by atoms with Crippen molar-refractivity contribution in [3.05, 3.63) is 21.9 Å². The zero-order chi connectivity index (χ0) is 15.0. The molecule has 106 valence electrons. The lowest BCUT2D eigenvalue weighted by Gasteiger charge is -2.12. The van der Waals surface area contributed by atoms with Crippen molar-refractivity contribution >= 4 is 5.69 Å². The van der Waals surface area contributed by atoms with Gasteiger partial charge in [-0.05, 0) is 0 Å². The molecule has 0 spiro atoms. The highest BCUT2D eigenvalue weighted by Gasteiger charge is 2.41. The number of nitro groups is 1. The first-order chi connectivity index (χ1) is 8.42. The van der Waals surface area contributed by atoms with Gasteiger partial charge < -0.3 is 9.84 Å². The van der Waals surface area contributed by atoms with Crippen molar-refractivity contribution in [3.8, 4) is 11.6 Å². The van der Waals surface area contributed by atoms with Crippen molar-refractivity contribution in [2.24, 2.45) is 0 Å². The average Bonchev–Trinajstić information content (AvgIpc) is 2.15. The smallest absolute Gasteiger partial charge is 0.505 e. The molecule has 0 fully saturated rings. The summed E-state index contributed by atoms with van der Waals surface area (Å²) in [4.78, 5) is 11.2. The van der Waals surface area contributed by atoms with E-state index in [4.69, 9.17) is 5.11 Å². The first kappa shape index (κ1) is 14.8. The van der Waals surface area contributed by atoms with E-state index in [9.17, 15) is 36.5 Å². The van der Waals surface area contributed by atoms with E-state index in [1.165, 1.54) is 0 Å². The molecular formula is C7H2F6N2O4. The summed E-state index contributed by atoms with van der Waals surface area (Å²) in [7, 11) is 0.